The number of carbonyl (C=O) groups excluding carboxylic acids is 3. The van der Waals surface area contributed by atoms with E-state index in [1.165, 1.54) is 12.5 Å². The Balaban J connectivity index is 1.38. The third-order valence-corrected chi connectivity index (χ3v) is 4.05. The van der Waals surface area contributed by atoms with Gasteiger partial charge in [-0.2, -0.15) is 0 Å². The predicted molar refractivity (Wildman–Crippen MR) is 95.3 cm³/mol. The first-order chi connectivity index (χ1) is 12.6. The largest absolute Gasteiger partial charge is 0.472 e. The Morgan fingerprint density at radius 1 is 1.12 bits per heavy atom. The molecule has 26 heavy (non-hydrogen) atoms. The first-order valence-electron chi connectivity index (χ1n) is 8.59. The van der Waals surface area contributed by atoms with E-state index < -0.39 is 0 Å². The number of amides is 3. The van der Waals surface area contributed by atoms with Gasteiger partial charge in [0.25, 0.3) is 5.91 Å². The van der Waals surface area contributed by atoms with E-state index in [-0.39, 0.29) is 36.6 Å². The van der Waals surface area contributed by atoms with Crippen molar-refractivity contribution >= 4 is 23.4 Å². The van der Waals surface area contributed by atoms with Gasteiger partial charge in [-0.1, -0.05) is 12.1 Å². The maximum absolute atomic E-state index is 11.9. The van der Waals surface area contributed by atoms with Crippen LogP contribution in [0.3, 0.4) is 0 Å². The summed E-state index contributed by atoms with van der Waals surface area (Å²) in [7, 11) is 0. The monoisotopic (exact) mass is 355 g/mol. The maximum Gasteiger partial charge on any atom is 0.254 e. The number of furan rings is 1. The van der Waals surface area contributed by atoms with E-state index in [0.717, 1.165) is 24.1 Å². The minimum absolute atomic E-state index is 0.0551. The number of hydrogen-bond donors (Lipinski definition) is 3. The normalized spacial score (nSPS) is 13.1. The molecule has 1 aromatic heterocycles. The average Bonchev–Trinajstić information content (AvgIpc) is 3.35. The van der Waals surface area contributed by atoms with Crippen molar-refractivity contribution in [1.29, 1.82) is 0 Å². The van der Waals surface area contributed by atoms with Gasteiger partial charge >= 0.3 is 0 Å². The lowest BCUT2D eigenvalue weighted by Crippen LogP contribution is -2.30. The van der Waals surface area contributed by atoms with Crippen LogP contribution in [0.2, 0.25) is 0 Å². The highest BCUT2D eigenvalue weighted by Crippen LogP contribution is 2.30. The standard InChI is InChI=1S/C19H21N3O4/c23-17(6-8-20-18(24)15-7-9-26-12-15)21-11-13-2-1-3-16(10-13)22-19(25)14-4-5-14/h1-3,7,9-10,12,14H,4-6,8,11H2,(H,20,24)(H,21,23)(H,22,25). The van der Waals surface area contributed by atoms with E-state index in [0.29, 0.717) is 12.1 Å². The molecule has 136 valence electrons. The molecule has 3 amide bonds. The first-order valence-corrected chi connectivity index (χ1v) is 8.59. The molecule has 0 bridgehead atoms. The number of rotatable bonds is 8. The van der Waals surface area contributed by atoms with Gasteiger partial charge < -0.3 is 20.4 Å². The van der Waals surface area contributed by atoms with Crippen LogP contribution in [0, 0.1) is 5.92 Å². The quantitative estimate of drug-likeness (QED) is 0.675. The van der Waals surface area contributed by atoms with Crippen molar-refractivity contribution in [1.82, 2.24) is 10.6 Å². The van der Waals surface area contributed by atoms with Gasteiger partial charge in [-0.25, -0.2) is 0 Å². The fourth-order valence-electron chi connectivity index (χ4n) is 2.42. The van der Waals surface area contributed by atoms with E-state index in [1.807, 2.05) is 24.3 Å². The smallest absolute Gasteiger partial charge is 0.254 e. The van der Waals surface area contributed by atoms with Crippen LogP contribution in [-0.4, -0.2) is 24.3 Å². The molecule has 1 saturated carbocycles. The molecule has 2 aromatic rings. The molecule has 1 aromatic carbocycles. The van der Waals surface area contributed by atoms with Crippen molar-refractivity contribution in [2.45, 2.75) is 25.8 Å². The summed E-state index contributed by atoms with van der Waals surface area (Å²) in [4.78, 5) is 35.4. The Morgan fingerprint density at radius 2 is 1.96 bits per heavy atom. The van der Waals surface area contributed by atoms with Crippen LogP contribution in [0.5, 0.6) is 0 Å². The van der Waals surface area contributed by atoms with Crippen molar-refractivity contribution in [3.05, 3.63) is 54.0 Å². The molecular formula is C19H21N3O4. The molecule has 0 atom stereocenters. The van der Waals surface area contributed by atoms with Gasteiger partial charge in [0.1, 0.15) is 6.26 Å². The second-order valence-electron chi connectivity index (χ2n) is 6.26. The van der Waals surface area contributed by atoms with Crippen LogP contribution in [0.15, 0.2) is 47.3 Å². The molecule has 0 aliphatic heterocycles. The molecule has 0 saturated heterocycles. The van der Waals surface area contributed by atoms with Crippen LogP contribution in [0.4, 0.5) is 5.69 Å². The number of benzene rings is 1. The summed E-state index contributed by atoms with van der Waals surface area (Å²) in [5, 5.41) is 8.34. The van der Waals surface area contributed by atoms with Crippen molar-refractivity contribution in [3.63, 3.8) is 0 Å². The van der Waals surface area contributed by atoms with Gasteiger partial charge in [-0.05, 0) is 36.6 Å². The van der Waals surface area contributed by atoms with E-state index >= 15 is 0 Å². The maximum atomic E-state index is 11.9. The van der Waals surface area contributed by atoms with Crippen LogP contribution < -0.4 is 16.0 Å². The van der Waals surface area contributed by atoms with Gasteiger partial charge in [0.15, 0.2) is 0 Å². The Morgan fingerprint density at radius 3 is 2.69 bits per heavy atom. The molecule has 1 aliphatic rings. The molecule has 3 N–H and O–H groups in total. The number of carbonyl (C=O) groups is 3. The fourth-order valence-corrected chi connectivity index (χ4v) is 2.42. The molecule has 1 aliphatic carbocycles. The predicted octanol–water partition coefficient (Wildman–Crippen LogP) is 2.06. The summed E-state index contributed by atoms with van der Waals surface area (Å²) >= 11 is 0. The van der Waals surface area contributed by atoms with E-state index in [1.54, 1.807) is 6.07 Å². The lowest BCUT2D eigenvalue weighted by Gasteiger charge is -2.09. The summed E-state index contributed by atoms with van der Waals surface area (Å²) in [6, 6.07) is 8.96. The Labute approximate surface area is 151 Å². The summed E-state index contributed by atoms with van der Waals surface area (Å²) in [5.74, 6) is -0.231. The molecule has 0 unspecified atom stereocenters. The highest BCUT2D eigenvalue weighted by Gasteiger charge is 2.29. The fraction of sp³-hybridized carbons (Fsp3) is 0.316. The number of nitrogens with one attached hydrogen (secondary N) is 3. The summed E-state index contributed by atoms with van der Waals surface area (Å²) in [6.07, 6.45) is 4.87. The number of anilines is 1. The third kappa shape index (κ3) is 5.20. The van der Waals surface area contributed by atoms with Gasteiger partial charge in [0, 0.05) is 31.1 Å². The molecule has 0 radical (unpaired) electrons. The summed E-state index contributed by atoms with van der Waals surface area (Å²) in [6.45, 7) is 0.606. The number of hydrogen-bond acceptors (Lipinski definition) is 4. The SMILES string of the molecule is O=C(CCNC(=O)c1ccoc1)NCc1cccc(NC(=O)C2CC2)c1. The van der Waals surface area contributed by atoms with Crippen LogP contribution in [0.25, 0.3) is 0 Å². The first kappa shape index (κ1) is 17.7. The zero-order chi connectivity index (χ0) is 18.4. The minimum atomic E-state index is -0.273. The second-order valence-corrected chi connectivity index (χ2v) is 6.26. The lowest BCUT2D eigenvalue weighted by atomic mass is 10.2. The molecule has 3 rings (SSSR count). The Kier molecular flexibility index (Phi) is 5.68. The lowest BCUT2D eigenvalue weighted by molar-refractivity contribution is -0.121. The van der Waals surface area contributed by atoms with Crippen molar-refractivity contribution in [3.8, 4) is 0 Å². The molecule has 0 spiro atoms. The highest BCUT2D eigenvalue weighted by molar-refractivity contribution is 5.94. The Bertz CT molecular complexity index is 782. The molecular weight excluding hydrogens is 334 g/mol. The minimum Gasteiger partial charge on any atom is -0.472 e. The van der Waals surface area contributed by atoms with Crippen LogP contribution in [-0.2, 0) is 16.1 Å². The van der Waals surface area contributed by atoms with Gasteiger partial charge in [-0.3, -0.25) is 14.4 Å². The third-order valence-electron chi connectivity index (χ3n) is 4.05. The van der Waals surface area contributed by atoms with E-state index in [9.17, 15) is 14.4 Å². The van der Waals surface area contributed by atoms with Crippen LogP contribution >= 0.6 is 0 Å². The van der Waals surface area contributed by atoms with Gasteiger partial charge in [-0.15, -0.1) is 0 Å². The van der Waals surface area contributed by atoms with Crippen molar-refractivity contribution in [2.24, 2.45) is 5.92 Å². The summed E-state index contributed by atoms with van der Waals surface area (Å²) < 4.78 is 4.83. The summed E-state index contributed by atoms with van der Waals surface area (Å²) in [5.41, 5.74) is 2.06. The molecule has 1 heterocycles. The second kappa shape index (κ2) is 8.33. The molecule has 7 heteroatoms. The highest BCUT2D eigenvalue weighted by atomic mass is 16.3. The zero-order valence-corrected chi connectivity index (χ0v) is 14.3. The van der Waals surface area contributed by atoms with Gasteiger partial charge in [0.2, 0.25) is 11.8 Å². The van der Waals surface area contributed by atoms with Crippen molar-refractivity contribution in [2.75, 3.05) is 11.9 Å². The molecule has 7 nitrogen and oxygen atoms in total. The van der Waals surface area contributed by atoms with Gasteiger partial charge in [0.05, 0.1) is 11.8 Å². The van der Waals surface area contributed by atoms with E-state index in [2.05, 4.69) is 16.0 Å². The van der Waals surface area contributed by atoms with E-state index in [4.69, 9.17) is 4.42 Å². The topological polar surface area (TPSA) is 100 Å². The van der Waals surface area contributed by atoms with Crippen LogP contribution in [0.1, 0.15) is 35.2 Å². The Hall–Kier alpha value is -3.09. The average molecular weight is 355 g/mol. The van der Waals surface area contributed by atoms with Crippen molar-refractivity contribution < 1.29 is 18.8 Å². The zero-order valence-electron chi connectivity index (χ0n) is 14.3. The molecule has 1 fully saturated rings.